The Bertz CT molecular complexity index is 894. The van der Waals surface area contributed by atoms with Gasteiger partial charge in [0.25, 0.3) is 0 Å². The van der Waals surface area contributed by atoms with Gasteiger partial charge in [-0.15, -0.1) is 0 Å². The second-order valence-corrected chi connectivity index (χ2v) is 6.84. The Balaban J connectivity index is 1.46. The van der Waals surface area contributed by atoms with Crippen LogP contribution in [0.4, 0.5) is 19.3 Å². The van der Waals surface area contributed by atoms with Crippen molar-refractivity contribution in [3.8, 4) is 0 Å². The van der Waals surface area contributed by atoms with Crippen molar-refractivity contribution >= 4 is 17.7 Å². The van der Waals surface area contributed by atoms with Gasteiger partial charge in [-0.1, -0.05) is 30.3 Å². The van der Waals surface area contributed by atoms with Gasteiger partial charge in [-0.05, 0) is 30.5 Å². The molecule has 0 aromatic heterocycles. The number of hydrogen-bond donors (Lipinski definition) is 1. The van der Waals surface area contributed by atoms with E-state index in [2.05, 4.69) is 5.32 Å². The molecule has 2 aromatic carbocycles. The average Bonchev–Trinajstić information content (AvgIpc) is 2.97. The summed E-state index contributed by atoms with van der Waals surface area (Å²) in [4.78, 5) is 26.3. The number of amides is 2. The lowest BCUT2D eigenvalue weighted by Crippen LogP contribution is -2.48. The smallest absolute Gasteiger partial charge is 0.410 e. The lowest BCUT2D eigenvalue weighted by molar-refractivity contribution is -0.122. The second-order valence-electron chi connectivity index (χ2n) is 6.84. The van der Waals surface area contributed by atoms with E-state index in [4.69, 9.17) is 4.74 Å². The standard InChI is InChI=1S/C20H18F2N2O3/c21-14-6-7-15(22)17-16(14)20(18(25)23-17)8-10-24(11-9-20)19(26)27-12-13-4-2-1-3-5-13/h1-7H,8-12H2,(H,23,25). The molecule has 5 nitrogen and oxygen atoms in total. The number of rotatable bonds is 2. The first-order valence-corrected chi connectivity index (χ1v) is 8.77. The van der Waals surface area contributed by atoms with E-state index in [9.17, 15) is 18.4 Å². The molecule has 0 bridgehead atoms. The third-order valence-electron chi connectivity index (χ3n) is 5.34. The molecule has 2 amide bonds. The number of likely N-dealkylation sites (tertiary alicyclic amines) is 1. The number of fused-ring (bicyclic) bond motifs is 2. The van der Waals surface area contributed by atoms with Crippen molar-refractivity contribution in [2.45, 2.75) is 24.9 Å². The van der Waals surface area contributed by atoms with Crippen LogP contribution in [0.15, 0.2) is 42.5 Å². The first-order valence-electron chi connectivity index (χ1n) is 8.77. The molecule has 2 heterocycles. The second kappa shape index (κ2) is 6.64. The van der Waals surface area contributed by atoms with Gasteiger partial charge in [0.05, 0.1) is 11.1 Å². The Morgan fingerprint density at radius 3 is 2.44 bits per heavy atom. The highest BCUT2D eigenvalue weighted by atomic mass is 19.1. The number of nitrogens with zero attached hydrogens (tertiary/aromatic N) is 1. The van der Waals surface area contributed by atoms with Crippen LogP contribution in [0.2, 0.25) is 0 Å². The number of nitrogens with one attached hydrogen (secondary N) is 1. The van der Waals surface area contributed by atoms with Gasteiger partial charge in [-0.3, -0.25) is 4.79 Å². The Morgan fingerprint density at radius 1 is 1.07 bits per heavy atom. The molecule has 2 aliphatic rings. The summed E-state index contributed by atoms with van der Waals surface area (Å²) in [5, 5.41) is 2.47. The minimum atomic E-state index is -1.14. The largest absolute Gasteiger partial charge is 0.445 e. The zero-order valence-corrected chi connectivity index (χ0v) is 14.5. The molecule has 2 aromatic rings. The highest BCUT2D eigenvalue weighted by molar-refractivity contribution is 6.06. The van der Waals surface area contributed by atoms with Crippen molar-refractivity contribution in [1.82, 2.24) is 4.90 Å². The molecule has 0 aliphatic carbocycles. The van der Waals surface area contributed by atoms with Gasteiger partial charge in [0.15, 0.2) is 0 Å². The molecule has 0 saturated carbocycles. The molecule has 4 rings (SSSR count). The topological polar surface area (TPSA) is 58.6 Å². The third-order valence-corrected chi connectivity index (χ3v) is 5.34. The van der Waals surface area contributed by atoms with Crippen LogP contribution in [0.3, 0.4) is 0 Å². The molecule has 2 aliphatic heterocycles. The normalized spacial score (nSPS) is 17.6. The van der Waals surface area contributed by atoms with E-state index in [-0.39, 0.29) is 43.8 Å². The summed E-state index contributed by atoms with van der Waals surface area (Å²) in [5.41, 5.74) is -0.275. The van der Waals surface area contributed by atoms with Crippen molar-refractivity contribution in [1.29, 1.82) is 0 Å². The number of benzene rings is 2. The van der Waals surface area contributed by atoms with Crippen LogP contribution in [-0.4, -0.2) is 30.0 Å². The summed E-state index contributed by atoms with van der Waals surface area (Å²) in [6.07, 6.45) is -0.0497. The minimum Gasteiger partial charge on any atom is -0.445 e. The van der Waals surface area contributed by atoms with Crippen LogP contribution in [-0.2, 0) is 21.6 Å². The van der Waals surface area contributed by atoms with Gasteiger partial charge >= 0.3 is 6.09 Å². The number of piperidine rings is 1. The number of hydrogen-bond acceptors (Lipinski definition) is 3. The molecule has 0 unspecified atom stereocenters. The number of anilines is 1. The molecule has 1 N–H and O–H groups in total. The predicted octanol–water partition coefficient (Wildman–Crippen LogP) is 3.59. The van der Waals surface area contributed by atoms with Crippen LogP contribution < -0.4 is 5.32 Å². The van der Waals surface area contributed by atoms with E-state index in [1.54, 1.807) is 0 Å². The average molecular weight is 372 g/mol. The first-order chi connectivity index (χ1) is 13.0. The van der Waals surface area contributed by atoms with Crippen LogP contribution in [0.1, 0.15) is 24.0 Å². The van der Waals surface area contributed by atoms with Crippen molar-refractivity contribution in [2.24, 2.45) is 0 Å². The Hall–Kier alpha value is -2.96. The third kappa shape index (κ3) is 2.93. The molecule has 7 heteroatoms. The fourth-order valence-corrected chi connectivity index (χ4v) is 3.85. The maximum atomic E-state index is 14.4. The van der Waals surface area contributed by atoms with Crippen LogP contribution in [0.5, 0.6) is 0 Å². The Labute approximate surface area is 154 Å². The monoisotopic (exact) mass is 372 g/mol. The molecule has 0 radical (unpaired) electrons. The highest BCUT2D eigenvalue weighted by Gasteiger charge is 2.51. The quantitative estimate of drug-likeness (QED) is 0.877. The summed E-state index contributed by atoms with van der Waals surface area (Å²) >= 11 is 0. The van der Waals surface area contributed by atoms with Gasteiger partial charge < -0.3 is 15.0 Å². The fourth-order valence-electron chi connectivity index (χ4n) is 3.85. The summed E-state index contributed by atoms with van der Waals surface area (Å²) < 4.78 is 33.7. The molecule has 0 atom stereocenters. The van der Waals surface area contributed by atoms with E-state index in [0.29, 0.717) is 0 Å². The van der Waals surface area contributed by atoms with Crippen LogP contribution in [0, 0.1) is 11.6 Å². The van der Waals surface area contributed by atoms with Crippen molar-refractivity contribution < 1.29 is 23.1 Å². The van der Waals surface area contributed by atoms with Gasteiger partial charge in [0.2, 0.25) is 5.91 Å². The molecule has 1 fully saturated rings. The van der Waals surface area contributed by atoms with E-state index < -0.39 is 29.0 Å². The molecular formula is C20H18F2N2O3. The summed E-state index contributed by atoms with van der Waals surface area (Å²) in [5.74, 6) is -1.68. The molecular weight excluding hydrogens is 354 g/mol. The predicted molar refractivity (Wildman–Crippen MR) is 94.1 cm³/mol. The van der Waals surface area contributed by atoms with E-state index in [0.717, 1.165) is 17.7 Å². The van der Waals surface area contributed by atoms with Crippen molar-refractivity contribution in [3.05, 3.63) is 65.2 Å². The van der Waals surface area contributed by atoms with Gasteiger partial charge in [-0.25, -0.2) is 13.6 Å². The highest BCUT2D eigenvalue weighted by Crippen LogP contribution is 2.47. The maximum Gasteiger partial charge on any atom is 0.410 e. The molecule has 1 spiro atoms. The lowest BCUT2D eigenvalue weighted by atomic mass is 9.73. The van der Waals surface area contributed by atoms with Gasteiger partial charge in [0.1, 0.15) is 18.2 Å². The van der Waals surface area contributed by atoms with Gasteiger partial charge in [0, 0.05) is 18.7 Å². The number of carbonyl (C=O) groups excluding carboxylic acids is 2. The van der Waals surface area contributed by atoms with Gasteiger partial charge in [-0.2, -0.15) is 0 Å². The zero-order chi connectivity index (χ0) is 19.0. The summed E-state index contributed by atoms with van der Waals surface area (Å²) in [6, 6.07) is 11.3. The lowest BCUT2D eigenvalue weighted by Gasteiger charge is -2.37. The first kappa shape index (κ1) is 17.5. The molecule has 27 heavy (non-hydrogen) atoms. The van der Waals surface area contributed by atoms with Crippen molar-refractivity contribution in [3.63, 3.8) is 0 Å². The molecule has 140 valence electrons. The summed E-state index contributed by atoms with van der Waals surface area (Å²) in [7, 11) is 0. The van der Waals surface area contributed by atoms with Crippen LogP contribution in [0.25, 0.3) is 0 Å². The molecule has 1 saturated heterocycles. The Kier molecular flexibility index (Phi) is 4.30. The zero-order valence-electron chi connectivity index (χ0n) is 14.5. The maximum absolute atomic E-state index is 14.4. The fraction of sp³-hybridized carbons (Fsp3) is 0.300. The SMILES string of the molecule is O=C(OCc1ccccc1)N1CCC2(CC1)C(=O)Nc1c(F)ccc(F)c12. The van der Waals surface area contributed by atoms with E-state index in [1.807, 2.05) is 30.3 Å². The van der Waals surface area contributed by atoms with Crippen LogP contribution >= 0.6 is 0 Å². The number of ether oxygens (including phenoxy) is 1. The van der Waals surface area contributed by atoms with Crippen molar-refractivity contribution in [2.75, 3.05) is 18.4 Å². The minimum absolute atomic E-state index is 0.0739. The van der Waals surface area contributed by atoms with E-state index >= 15 is 0 Å². The van der Waals surface area contributed by atoms with E-state index in [1.165, 1.54) is 4.90 Å². The Morgan fingerprint density at radius 2 is 1.74 bits per heavy atom. The number of carbonyl (C=O) groups is 2. The summed E-state index contributed by atoms with van der Waals surface area (Å²) in [6.45, 7) is 0.622. The number of halogens is 2.